The van der Waals surface area contributed by atoms with E-state index in [0.29, 0.717) is 6.54 Å². The molecule has 0 fully saturated rings. The minimum Gasteiger partial charge on any atom is -0.389 e. The predicted octanol–water partition coefficient (Wildman–Crippen LogP) is 2.40. The zero-order valence-corrected chi connectivity index (χ0v) is 11.4. The Hall–Kier alpha value is -0.450. The Balaban J connectivity index is 2.35. The van der Waals surface area contributed by atoms with Crippen LogP contribution in [0.2, 0.25) is 0 Å². The molecule has 4 heteroatoms. The molecule has 1 aromatic heterocycles. The smallest absolute Gasteiger partial charge is 0.107 e. The number of aliphatic hydroxyl groups is 1. The van der Waals surface area contributed by atoms with Gasteiger partial charge in [0.2, 0.25) is 0 Å². The van der Waals surface area contributed by atoms with Crippen molar-refractivity contribution in [3.05, 3.63) is 15.6 Å². The van der Waals surface area contributed by atoms with Gasteiger partial charge < -0.3 is 10.4 Å². The Morgan fingerprint density at radius 3 is 2.62 bits per heavy atom. The lowest BCUT2D eigenvalue weighted by Crippen LogP contribution is -2.37. The van der Waals surface area contributed by atoms with Gasteiger partial charge in [-0.1, -0.05) is 13.3 Å². The number of rotatable bonds is 6. The number of nitrogens with zero attached hydrogens (tertiary/aromatic N) is 1. The summed E-state index contributed by atoms with van der Waals surface area (Å²) in [6.45, 7) is 9.45. The maximum absolute atomic E-state index is 9.97. The summed E-state index contributed by atoms with van der Waals surface area (Å²) in [5, 5.41) is 14.3. The fourth-order valence-corrected chi connectivity index (χ4v) is 2.58. The second kappa shape index (κ2) is 5.75. The Labute approximate surface area is 102 Å². The maximum atomic E-state index is 9.97. The molecule has 0 saturated heterocycles. The molecule has 3 nitrogen and oxygen atoms in total. The van der Waals surface area contributed by atoms with Crippen molar-refractivity contribution in [1.82, 2.24) is 10.3 Å². The molecule has 0 aromatic carbocycles. The number of hydrogen-bond donors (Lipinski definition) is 2. The third-order valence-electron chi connectivity index (χ3n) is 2.64. The highest BCUT2D eigenvalue weighted by Crippen LogP contribution is 2.16. The highest BCUT2D eigenvalue weighted by atomic mass is 32.1. The van der Waals surface area contributed by atoms with Gasteiger partial charge in [-0.15, -0.1) is 11.3 Å². The van der Waals surface area contributed by atoms with Crippen molar-refractivity contribution in [1.29, 1.82) is 0 Å². The van der Waals surface area contributed by atoms with Crippen LogP contribution in [0, 0.1) is 13.8 Å². The van der Waals surface area contributed by atoms with Gasteiger partial charge in [0.25, 0.3) is 0 Å². The van der Waals surface area contributed by atoms with Gasteiger partial charge in [0, 0.05) is 18.0 Å². The molecule has 1 rings (SSSR count). The molecule has 1 atom stereocenters. The molecule has 0 saturated carbocycles. The third kappa shape index (κ3) is 4.20. The number of aromatic nitrogens is 1. The molecule has 0 bridgehead atoms. The zero-order valence-electron chi connectivity index (χ0n) is 10.6. The lowest BCUT2D eigenvalue weighted by atomic mass is 10.0. The second-order valence-corrected chi connectivity index (χ2v) is 5.89. The van der Waals surface area contributed by atoms with E-state index in [1.165, 1.54) is 4.88 Å². The first-order valence-corrected chi connectivity index (χ1v) is 6.62. The molecule has 0 amide bonds. The minimum absolute atomic E-state index is 0.601. The van der Waals surface area contributed by atoms with Crippen LogP contribution in [0.15, 0.2) is 0 Å². The van der Waals surface area contributed by atoms with Crippen LogP contribution in [-0.4, -0.2) is 22.2 Å². The van der Waals surface area contributed by atoms with Gasteiger partial charge in [-0.05, 0) is 27.2 Å². The van der Waals surface area contributed by atoms with Crippen molar-refractivity contribution < 1.29 is 5.11 Å². The van der Waals surface area contributed by atoms with Crippen LogP contribution in [0.4, 0.5) is 0 Å². The van der Waals surface area contributed by atoms with Gasteiger partial charge >= 0.3 is 0 Å². The van der Waals surface area contributed by atoms with E-state index in [1.807, 2.05) is 13.8 Å². The highest BCUT2D eigenvalue weighted by Gasteiger charge is 2.18. The third-order valence-corrected chi connectivity index (χ3v) is 3.72. The Bertz CT molecular complexity index is 314. The molecule has 16 heavy (non-hydrogen) atoms. The first-order chi connectivity index (χ1) is 7.44. The van der Waals surface area contributed by atoms with E-state index < -0.39 is 5.60 Å². The molecular weight excluding hydrogens is 220 g/mol. The van der Waals surface area contributed by atoms with Gasteiger partial charge in [0.1, 0.15) is 5.01 Å². The Morgan fingerprint density at radius 1 is 1.44 bits per heavy atom. The lowest BCUT2D eigenvalue weighted by Gasteiger charge is -2.22. The Kier molecular flexibility index (Phi) is 4.89. The average molecular weight is 242 g/mol. The van der Waals surface area contributed by atoms with Crippen LogP contribution in [0.25, 0.3) is 0 Å². The zero-order chi connectivity index (χ0) is 12.2. The molecule has 1 heterocycles. The molecule has 1 unspecified atom stereocenters. The van der Waals surface area contributed by atoms with Crippen LogP contribution in [-0.2, 0) is 6.54 Å². The molecular formula is C12H22N2OS. The summed E-state index contributed by atoms with van der Waals surface area (Å²) in [4.78, 5) is 5.73. The quantitative estimate of drug-likeness (QED) is 0.805. The number of hydrogen-bond acceptors (Lipinski definition) is 4. The molecule has 2 N–H and O–H groups in total. The fourth-order valence-electron chi connectivity index (χ4n) is 1.68. The molecule has 1 aromatic rings. The minimum atomic E-state index is -0.601. The molecule has 0 radical (unpaired) electrons. The SMILES string of the molecule is CCCC(C)(O)CNCc1nc(C)c(C)s1. The van der Waals surface area contributed by atoms with Crippen LogP contribution < -0.4 is 5.32 Å². The first kappa shape index (κ1) is 13.6. The largest absolute Gasteiger partial charge is 0.389 e. The maximum Gasteiger partial charge on any atom is 0.107 e. The van der Waals surface area contributed by atoms with Crippen molar-refractivity contribution in [2.75, 3.05) is 6.54 Å². The Morgan fingerprint density at radius 2 is 2.12 bits per heavy atom. The van der Waals surface area contributed by atoms with E-state index in [0.717, 1.165) is 30.1 Å². The summed E-state index contributed by atoms with van der Waals surface area (Å²) in [5.41, 5.74) is 0.512. The molecule has 0 spiro atoms. The lowest BCUT2D eigenvalue weighted by molar-refractivity contribution is 0.0498. The average Bonchev–Trinajstić information content (AvgIpc) is 2.45. The van der Waals surface area contributed by atoms with E-state index in [1.54, 1.807) is 11.3 Å². The molecule has 92 valence electrons. The van der Waals surface area contributed by atoms with Gasteiger partial charge in [-0.3, -0.25) is 0 Å². The predicted molar refractivity (Wildman–Crippen MR) is 68.8 cm³/mol. The topological polar surface area (TPSA) is 45.1 Å². The van der Waals surface area contributed by atoms with Gasteiger partial charge in [0.05, 0.1) is 11.3 Å². The van der Waals surface area contributed by atoms with E-state index in [4.69, 9.17) is 0 Å². The van der Waals surface area contributed by atoms with Gasteiger partial charge in [0.15, 0.2) is 0 Å². The fraction of sp³-hybridized carbons (Fsp3) is 0.750. The second-order valence-electron chi connectivity index (χ2n) is 4.60. The monoisotopic (exact) mass is 242 g/mol. The van der Waals surface area contributed by atoms with Crippen LogP contribution in [0.5, 0.6) is 0 Å². The molecule has 0 aliphatic carbocycles. The highest BCUT2D eigenvalue weighted by molar-refractivity contribution is 7.11. The number of aryl methyl sites for hydroxylation is 2. The molecule has 0 aliphatic heterocycles. The summed E-state index contributed by atoms with van der Waals surface area (Å²) in [5.74, 6) is 0. The van der Waals surface area contributed by atoms with Crippen LogP contribution in [0.3, 0.4) is 0 Å². The van der Waals surface area contributed by atoms with Crippen molar-refractivity contribution in [3.8, 4) is 0 Å². The van der Waals surface area contributed by atoms with Crippen molar-refractivity contribution in [2.24, 2.45) is 0 Å². The van der Waals surface area contributed by atoms with Gasteiger partial charge in [-0.25, -0.2) is 4.98 Å². The van der Waals surface area contributed by atoms with Crippen LogP contribution >= 0.6 is 11.3 Å². The number of nitrogens with one attached hydrogen (secondary N) is 1. The summed E-state index contributed by atoms with van der Waals surface area (Å²) in [7, 11) is 0. The van der Waals surface area contributed by atoms with E-state index in [2.05, 4.69) is 24.1 Å². The van der Waals surface area contributed by atoms with E-state index in [9.17, 15) is 5.11 Å². The molecule has 0 aliphatic rings. The van der Waals surface area contributed by atoms with E-state index in [-0.39, 0.29) is 0 Å². The standard InChI is InChI=1S/C12H22N2OS/c1-5-6-12(4,15)8-13-7-11-14-9(2)10(3)16-11/h13,15H,5-8H2,1-4H3. The van der Waals surface area contributed by atoms with Crippen molar-refractivity contribution >= 4 is 11.3 Å². The van der Waals surface area contributed by atoms with E-state index >= 15 is 0 Å². The van der Waals surface area contributed by atoms with Crippen LogP contribution in [0.1, 0.15) is 42.3 Å². The summed E-state index contributed by atoms with van der Waals surface area (Å²) in [6, 6.07) is 0. The summed E-state index contributed by atoms with van der Waals surface area (Å²) >= 11 is 1.72. The van der Waals surface area contributed by atoms with Gasteiger partial charge in [-0.2, -0.15) is 0 Å². The number of thiazole rings is 1. The first-order valence-electron chi connectivity index (χ1n) is 5.80. The summed E-state index contributed by atoms with van der Waals surface area (Å²) in [6.07, 6.45) is 1.83. The normalized spacial score (nSPS) is 15.1. The van der Waals surface area contributed by atoms with Crippen molar-refractivity contribution in [3.63, 3.8) is 0 Å². The van der Waals surface area contributed by atoms with Crippen molar-refractivity contribution in [2.45, 2.75) is 52.7 Å². The summed E-state index contributed by atoms with van der Waals surface area (Å²) < 4.78 is 0.